The maximum atomic E-state index is 12.0. The first kappa shape index (κ1) is 23.3. The van der Waals surface area contributed by atoms with Crippen molar-refractivity contribution in [2.75, 3.05) is 25.1 Å². The maximum Gasteiger partial charge on any atom is 0.325 e. The Balaban J connectivity index is 1.45. The maximum absolute atomic E-state index is 12.0. The number of imide groups is 1. The van der Waals surface area contributed by atoms with Gasteiger partial charge in [-0.15, -0.1) is 0 Å². The van der Waals surface area contributed by atoms with Crippen LogP contribution in [0.15, 0.2) is 23.0 Å². The third-order valence-electron chi connectivity index (χ3n) is 4.92. The summed E-state index contributed by atoms with van der Waals surface area (Å²) in [6, 6.07) is 5.85. The fraction of sp³-hybridized carbons (Fsp3) is 0.318. The number of nitrogens with one attached hydrogen (secondary N) is 3. The largest absolute Gasteiger partial charge is 0.486 e. The standard InChI is InChI=1S/C22H22N4O7/c1-12-15(13(2)24-21(29)16(12)10-23)4-6-20(28)33-11-19(27)26-22(30)25-14-3-5-17-18(9-14)32-8-7-31-17/h3,5,9H,4,6-8,11H2,1-2H3,(H,24,29)(H2,25,26,27,30). The predicted molar refractivity (Wildman–Crippen MR) is 115 cm³/mol. The van der Waals surface area contributed by atoms with E-state index in [0.717, 1.165) is 0 Å². The van der Waals surface area contributed by atoms with Crippen molar-refractivity contribution in [2.45, 2.75) is 26.7 Å². The summed E-state index contributed by atoms with van der Waals surface area (Å²) in [7, 11) is 0. The molecule has 11 nitrogen and oxygen atoms in total. The molecule has 0 saturated carbocycles. The minimum absolute atomic E-state index is 0.00706. The lowest BCUT2D eigenvalue weighted by Gasteiger charge is -2.19. The second-order valence-electron chi connectivity index (χ2n) is 7.19. The SMILES string of the molecule is Cc1[nH]c(=O)c(C#N)c(C)c1CCC(=O)OCC(=O)NC(=O)Nc1ccc2c(c1)OCCO2. The molecule has 0 unspecified atom stereocenters. The van der Waals surface area contributed by atoms with E-state index in [1.54, 1.807) is 32.0 Å². The van der Waals surface area contributed by atoms with Gasteiger partial charge in [-0.05, 0) is 43.5 Å². The molecule has 0 aliphatic carbocycles. The average Bonchev–Trinajstić information content (AvgIpc) is 2.77. The molecule has 0 atom stereocenters. The van der Waals surface area contributed by atoms with Gasteiger partial charge in [-0.3, -0.25) is 19.7 Å². The number of pyridine rings is 1. The summed E-state index contributed by atoms with van der Waals surface area (Å²) in [5.41, 5.74) is 1.62. The number of hydrogen-bond donors (Lipinski definition) is 3. The molecule has 1 aromatic heterocycles. The van der Waals surface area contributed by atoms with Gasteiger partial charge in [-0.1, -0.05) is 0 Å². The molecule has 3 amide bonds. The van der Waals surface area contributed by atoms with E-state index in [0.29, 0.717) is 47.2 Å². The van der Waals surface area contributed by atoms with E-state index in [9.17, 15) is 19.2 Å². The van der Waals surface area contributed by atoms with Crippen LogP contribution in [0.3, 0.4) is 0 Å². The van der Waals surface area contributed by atoms with Crippen molar-refractivity contribution in [2.24, 2.45) is 0 Å². The van der Waals surface area contributed by atoms with Gasteiger partial charge in [0.05, 0.1) is 0 Å². The lowest BCUT2D eigenvalue weighted by Crippen LogP contribution is -2.37. The number of rotatable bonds is 6. The predicted octanol–water partition coefficient (Wildman–Crippen LogP) is 1.46. The van der Waals surface area contributed by atoms with Gasteiger partial charge in [0.25, 0.3) is 11.5 Å². The quantitative estimate of drug-likeness (QED) is 0.553. The molecule has 11 heteroatoms. The van der Waals surface area contributed by atoms with E-state index in [-0.39, 0.29) is 18.4 Å². The van der Waals surface area contributed by atoms with Gasteiger partial charge in [0.1, 0.15) is 24.8 Å². The van der Waals surface area contributed by atoms with Gasteiger partial charge >= 0.3 is 12.0 Å². The van der Waals surface area contributed by atoms with Gasteiger partial charge < -0.3 is 24.5 Å². The molecule has 2 aromatic rings. The Bertz CT molecular complexity index is 1200. The molecular formula is C22H22N4O7. The molecule has 0 spiro atoms. The molecule has 33 heavy (non-hydrogen) atoms. The van der Waals surface area contributed by atoms with Gasteiger partial charge in [-0.2, -0.15) is 5.26 Å². The highest BCUT2D eigenvalue weighted by Crippen LogP contribution is 2.32. The molecule has 0 bridgehead atoms. The monoisotopic (exact) mass is 454 g/mol. The average molecular weight is 454 g/mol. The highest BCUT2D eigenvalue weighted by Gasteiger charge is 2.16. The number of amides is 3. The molecule has 172 valence electrons. The van der Waals surface area contributed by atoms with E-state index in [4.69, 9.17) is 19.5 Å². The number of carbonyl (C=O) groups excluding carboxylic acids is 3. The molecule has 0 fully saturated rings. The van der Waals surface area contributed by atoms with Crippen molar-refractivity contribution in [1.29, 1.82) is 5.26 Å². The number of aryl methyl sites for hydroxylation is 1. The first-order chi connectivity index (χ1) is 15.8. The van der Waals surface area contributed by atoms with Crippen LogP contribution < -0.4 is 25.7 Å². The summed E-state index contributed by atoms with van der Waals surface area (Å²) in [6.07, 6.45) is 0.142. The summed E-state index contributed by atoms with van der Waals surface area (Å²) in [5, 5.41) is 13.7. The Hall–Kier alpha value is -4.33. The van der Waals surface area contributed by atoms with Crippen LogP contribution in [0.25, 0.3) is 0 Å². The minimum Gasteiger partial charge on any atom is -0.486 e. The second kappa shape index (κ2) is 10.3. The second-order valence-corrected chi connectivity index (χ2v) is 7.19. The Morgan fingerprint density at radius 3 is 2.64 bits per heavy atom. The third-order valence-corrected chi connectivity index (χ3v) is 4.92. The molecular weight excluding hydrogens is 432 g/mol. The van der Waals surface area contributed by atoms with Crippen molar-refractivity contribution in [1.82, 2.24) is 10.3 Å². The van der Waals surface area contributed by atoms with Crippen molar-refractivity contribution < 1.29 is 28.6 Å². The van der Waals surface area contributed by atoms with E-state index in [1.807, 2.05) is 6.07 Å². The van der Waals surface area contributed by atoms with Crippen LogP contribution in [-0.4, -0.2) is 42.7 Å². The van der Waals surface area contributed by atoms with Crippen LogP contribution in [0.2, 0.25) is 0 Å². The third kappa shape index (κ3) is 5.88. The topological polar surface area (TPSA) is 160 Å². The Morgan fingerprint density at radius 1 is 1.18 bits per heavy atom. The van der Waals surface area contributed by atoms with E-state index in [1.165, 1.54) is 0 Å². The summed E-state index contributed by atoms with van der Waals surface area (Å²) < 4.78 is 15.7. The fourth-order valence-corrected chi connectivity index (χ4v) is 3.31. The van der Waals surface area contributed by atoms with Crippen LogP contribution in [0.4, 0.5) is 10.5 Å². The lowest BCUT2D eigenvalue weighted by atomic mass is 9.99. The number of benzene rings is 1. The number of aromatic amines is 1. The van der Waals surface area contributed by atoms with Crippen LogP contribution in [0.5, 0.6) is 11.5 Å². The summed E-state index contributed by atoms with van der Waals surface area (Å²) in [6.45, 7) is 3.51. The number of carbonyl (C=O) groups is 3. The number of esters is 1. The number of ether oxygens (including phenoxy) is 3. The zero-order chi connectivity index (χ0) is 24.0. The van der Waals surface area contributed by atoms with E-state index < -0.39 is 30.1 Å². The number of nitriles is 1. The molecule has 3 N–H and O–H groups in total. The van der Waals surface area contributed by atoms with Crippen molar-refractivity contribution in [3.05, 3.63) is 50.9 Å². The molecule has 3 rings (SSSR count). The minimum atomic E-state index is -0.804. The van der Waals surface area contributed by atoms with E-state index >= 15 is 0 Å². The highest BCUT2D eigenvalue weighted by atomic mass is 16.6. The number of H-pyrrole nitrogens is 1. The zero-order valence-electron chi connectivity index (χ0n) is 18.1. The summed E-state index contributed by atoms with van der Waals surface area (Å²) in [4.78, 5) is 50.3. The zero-order valence-corrected chi connectivity index (χ0v) is 18.1. The molecule has 0 saturated heterocycles. The molecule has 1 aliphatic heterocycles. The highest BCUT2D eigenvalue weighted by molar-refractivity contribution is 6.02. The number of nitrogens with zero attached hydrogens (tertiary/aromatic N) is 1. The van der Waals surface area contributed by atoms with Crippen molar-refractivity contribution in [3.63, 3.8) is 0 Å². The molecule has 1 aliphatic rings. The van der Waals surface area contributed by atoms with Gasteiger partial charge in [0, 0.05) is 23.9 Å². The van der Waals surface area contributed by atoms with Gasteiger partial charge in [0.2, 0.25) is 0 Å². The molecule has 1 aromatic carbocycles. The Labute approximate surface area is 188 Å². The summed E-state index contributed by atoms with van der Waals surface area (Å²) >= 11 is 0. The number of anilines is 1. The first-order valence-electron chi connectivity index (χ1n) is 10.1. The van der Waals surface area contributed by atoms with Crippen molar-refractivity contribution >= 4 is 23.6 Å². The van der Waals surface area contributed by atoms with Gasteiger partial charge in [0.15, 0.2) is 18.1 Å². The van der Waals surface area contributed by atoms with Crippen LogP contribution in [0, 0.1) is 25.2 Å². The molecule has 2 heterocycles. The van der Waals surface area contributed by atoms with Crippen LogP contribution >= 0.6 is 0 Å². The number of aromatic nitrogens is 1. The van der Waals surface area contributed by atoms with Crippen LogP contribution in [0.1, 0.15) is 28.8 Å². The summed E-state index contributed by atoms with van der Waals surface area (Å²) in [5.74, 6) is -0.428. The molecule has 0 radical (unpaired) electrons. The smallest absolute Gasteiger partial charge is 0.325 e. The van der Waals surface area contributed by atoms with Gasteiger partial charge in [-0.25, -0.2) is 4.79 Å². The Morgan fingerprint density at radius 2 is 1.91 bits per heavy atom. The van der Waals surface area contributed by atoms with Crippen molar-refractivity contribution in [3.8, 4) is 17.6 Å². The number of urea groups is 1. The number of hydrogen-bond acceptors (Lipinski definition) is 8. The lowest BCUT2D eigenvalue weighted by molar-refractivity contribution is -0.148. The fourth-order valence-electron chi connectivity index (χ4n) is 3.31. The first-order valence-corrected chi connectivity index (χ1v) is 10.1. The normalized spacial score (nSPS) is 11.8. The van der Waals surface area contributed by atoms with Crippen LogP contribution in [-0.2, 0) is 20.7 Å². The van der Waals surface area contributed by atoms with E-state index in [2.05, 4.69) is 15.6 Å². The Kier molecular flexibility index (Phi) is 7.30. The number of fused-ring (bicyclic) bond motifs is 1.